The van der Waals surface area contributed by atoms with Crippen molar-refractivity contribution in [2.45, 2.75) is 44.1 Å². The van der Waals surface area contributed by atoms with Crippen molar-refractivity contribution in [3.63, 3.8) is 0 Å². The summed E-state index contributed by atoms with van der Waals surface area (Å²) in [4.78, 5) is 4.48. The van der Waals surface area contributed by atoms with E-state index in [4.69, 9.17) is 14.9 Å². The summed E-state index contributed by atoms with van der Waals surface area (Å²) in [5.41, 5.74) is 1.98. The zero-order valence-corrected chi connectivity index (χ0v) is 20.2. The summed E-state index contributed by atoms with van der Waals surface area (Å²) in [5.74, 6) is -2.15. The van der Waals surface area contributed by atoms with Gasteiger partial charge >= 0.3 is 0 Å². The molecule has 192 valence electrons. The fourth-order valence-electron chi connectivity index (χ4n) is 4.53. The van der Waals surface area contributed by atoms with Gasteiger partial charge in [-0.3, -0.25) is 10.4 Å². The summed E-state index contributed by atoms with van der Waals surface area (Å²) >= 11 is 0. The topological polar surface area (TPSA) is 119 Å². The number of alkyl halides is 2. The number of aromatic nitrogens is 5. The molecule has 1 saturated carbocycles. The Balaban J connectivity index is 1.39. The molecule has 37 heavy (non-hydrogen) atoms. The van der Waals surface area contributed by atoms with Crippen LogP contribution in [0.25, 0.3) is 16.4 Å². The Hall–Kier alpha value is -3.99. The van der Waals surface area contributed by atoms with Crippen molar-refractivity contribution in [2.75, 3.05) is 13.7 Å². The number of hydrogen-bond acceptors (Lipinski definition) is 8. The van der Waals surface area contributed by atoms with E-state index < -0.39 is 5.92 Å². The van der Waals surface area contributed by atoms with Crippen LogP contribution >= 0.6 is 0 Å². The van der Waals surface area contributed by atoms with Crippen LogP contribution in [0.1, 0.15) is 48.7 Å². The molecular formula is C26H26F2N6O3. The van der Waals surface area contributed by atoms with Gasteiger partial charge in [0.05, 0.1) is 5.69 Å². The Bertz CT molecular complexity index is 1460. The number of nitrogens with one attached hydrogen (secondary N) is 1. The largest absolute Gasteiger partial charge is 0.510 e. The maximum atomic E-state index is 13.5. The third kappa shape index (κ3) is 5.26. The van der Waals surface area contributed by atoms with Gasteiger partial charge in [-0.05, 0) is 36.5 Å². The minimum absolute atomic E-state index is 0.0388. The van der Waals surface area contributed by atoms with Gasteiger partial charge in [-0.2, -0.15) is 4.52 Å². The smallest absolute Gasteiger partial charge is 0.248 e. The zero-order chi connectivity index (χ0) is 26.0. The van der Waals surface area contributed by atoms with Gasteiger partial charge in [-0.1, -0.05) is 24.3 Å². The number of aliphatic hydroxyl groups excluding tert-OH is 1. The first kappa shape index (κ1) is 24.7. The van der Waals surface area contributed by atoms with Crippen molar-refractivity contribution in [3.05, 3.63) is 71.5 Å². The molecule has 0 saturated heterocycles. The summed E-state index contributed by atoms with van der Waals surface area (Å²) in [7, 11) is 1.44. The maximum Gasteiger partial charge on any atom is 0.248 e. The monoisotopic (exact) mass is 508 g/mol. The predicted molar refractivity (Wildman–Crippen MR) is 132 cm³/mol. The highest BCUT2D eigenvalue weighted by atomic mass is 19.3. The number of nitrogens with zero attached hydrogens (tertiary/aromatic N) is 5. The molecule has 0 amide bonds. The van der Waals surface area contributed by atoms with Gasteiger partial charge in [0.1, 0.15) is 24.7 Å². The van der Waals surface area contributed by atoms with Crippen LogP contribution in [0, 0.1) is 5.41 Å². The maximum absolute atomic E-state index is 13.5. The SMILES string of the molecule is COC/C(O)=C/C(=N)c1nnc2c3ccccc3c(OCc3ccc(C4CCC(F)(F)CC4)cn3)nn12. The Labute approximate surface area is 211 Å². The molecule has 0 radical (unpaired) electrons. The Morgan fingerprint density at radius 2 is 1.92 bits per heavy atom. The van der Waals surface area contributed by atoms with Crippen LogP contribution in [0.3, 0.4) is 0 Å². The highest BCUT2D eigenvalue weighted by Crippen LogP contribution is 2.40. The lowest BCUT2D eigenvalue weighted by atomic mass is 9.83. The normalized spacial score (nSPS) is 16.4. The van der Waals surface area contributed by atoms with E-state index in [1.807, 2.05) is 36.4 Å². The van der Waals surface area contributed by atoms with Crippen LogP contribution in [0.4, 0.5) is 8.78 Å². The molecule has 3 aromatic heterocycles. The van der Waals surface area contributed by atoms with E-state index in [1.54, 1.807) is 6.20 Å². The number of halogens is 2. The summed E-state index contributed by atoms with van der Waals surface area (Å²) in [6, 6.07) is 11.2. The molecule has 0 spiro atoms. The quantitative estimate of drug-likeness (QED) is 0.254. The van der Waals surface area contributed by atoms with Crippen LogP contribution < -0.4 is 4.74 Å². The molecule has 4 aromatic rings. The summed E-state index contributed by atoms with van der Waals surface area (Å²) in [6.45, 7) is 0.0950. The van der Waals surface area contributed by atoms with E-state index in [-0.39, 0.29) is 49.3 Å². The van der Waals surface area contributed by atoms with E-state index in [0.717, 1.165) is 16.3 Å². The van der Waals surface area contributed by atoms with Gasteiger partial charge in [0.25, 0.3) is 0 Å². The van der Waals surface area contributed by atoms with Crippen molar-refractivity contribution in [1.29, 1.82) is 5.41 Å². The van der Waals surface area contributed by atoms with E-state index in [1.165, 1.54) is 17.7 Å². The lowest BCUT2D eigenvalue weighted by molar-refractivity contribution is -0.0382. The van der Waals surface area contributed by atoms with Crippen molar-refractivity contribution < 1.29 is 23.4 Å². The van der Waals surface area contributed by atoms with Gasteiger partial charge in [0, 0.05) is 43.0 Å². The predicted octanol–water partition coefficient (Wildman–Crippen LogP) is 5.00. The summed E-state index contributed by atoms with van der Waals surface area (Å²) in [6.07, 6.45) is 3.70. The molecule has 0 bridgehead atoms. The first-order chi connectivity index (χ1) is 17.8. The fraction of sp³-hybridized carbons (Fsp3) is 0.346. The molecule has 1 aromatic carbocycles. The highest BCUT2D eigenvalue weighted by molar-refractivity contribution is 6.05. The second-order valence-electron chi connectivity index (χ2n) is 9.09. The van der Waals surface area contributed by atoms with Gasteiger partial charge in [-0.25, -0.2) is 8.78 Å². The molecule has 1 fully saturated rings. The second-order valence-corrected chi connectivity index (χ2v) is 9.09. The molecule has 0 aliphatic heterocycles. The molecule has 11 heteroatoms. The molecule has 3 heterocycles. The van der Waals surface area contributed by atoms with Gasteiger partial charge < -0.3 is 14.6 Å². The Morgan fingerprint density at radius 1 is 1.16 bits per heavy atom. The summed E-state index contributed by atoms with van der Waals surface area (Å²) in [5, 5.41) is 32.5. The number of hydrogen-bond donors (Lipinski definition) is 2. The third-order valence-electron chi connectivity index (χ3n) is 6.47. The first-order valence-corrected chi connectivity index (χ1v) is 11.9. The minimum atomic E-state index is -2.56. The van der Waals surface area contributed by atoms with Crippen molar-refractivity contribution >= 4 is 22.1 Å². The zero-order valence-electron chi connectivity index (χ0n) is 20.2. The highest BCUT2D eigenvalue weighted by Gasteiger charge is 2.35. The Morgan fingerprint density at radius 3 is 2.62 bits per heavy atom. The number of rotatable bonds is 8. The third-order valence-corrected chi connectivity index (χ3v) is 6.47. The van der Waals surface area contributed by atoms with Gasteiger partial charge in [0.2, 0.25) is 17.6 Å². The average molecular weight is 509 g/mol. The average Bonchev–Trinajstić information content (AvgIpc) is 3.32. The molecule has 0 unspecified atom stereocenters. The summed E-state index contributed by atoms with van der Waals surface area (Å²) < 4.78 is 39.3. The fourth-order valence-corrected chi connectivity index (χ4v) is 4.53. The number of ether oxygens (including phenoxy) is 2. The van der Waals surface area contributed by atoms with E-state index in [0.29, 0.717) is 30.1 Å². The van der Waals surface area contributed by atoms with Crippen LogP contribution in [0.15, 0.2) is 54.4 Å². The van der Waals surface area contributed by atoms with E-state index in [2.05, 4.69) is 20.3 Å². The number of benzene rings is 1. The number of methoxy groups -OCH3 is 1. The minimum Gasteiger partial charge on any atom is -0.510 e. The first-order valence-electron chi connectivity index (χ1n) is 11.9. The second kappa shape index (κ2) is 10.2. The van der Waals surface area contributed by atoms with E-state index in [9.17, 15) is 13.9 Å². The number of allylic oxidation sites excluding steroid dienone is 1. The van der Waals surface area contributed by atoms with Gasteiger partial charge in [-0.15, -0.1) is 15.3 Å². The van der Waals surface area contributed by atoms with Crippen LogP contribution in [0.2, 0.25) is 0 Å². The van der Waals surface area contributed by atoms with Crippen molar-refractivity contribution in [1.82, 2.24) is 24.8 Å². The lowest BCUT2D eigenvalue weighted by Crippen LogP contribution is -2.23. The molecule has 5 rings (SSSR count). The molecular weight excluding hydrogens is 482 g/mol. The molecule has 2 N–H and O–H groups in total. The van der Waals surface area contributed by atoms with Crippen LogP contribution in [-0.4, -0.2) is 55.3 Å². The lowest BCUT2D eigenvalue weighted by Gasteiger charge is -2.28. The van der Waals surface area contributed by atoms with Crippen molar-refractivity contribution in [2.24, 2.45) is 0 Å². The van der Waals surface area contributed by atoms with Crippen LogP contribution in [0.5, 0.6) is 5.88 Å². The van der Waals surface area contributed by atoms with Crippen LogP contribution in [-0.2, 0) is 11.3 Å². The molecule has 1 aliphatic carbocycles. The number of fused-ring (bicyclic) bond motifs is 3. The number of aliphatic hydroxyl groups is 1. The van der Waals surface area contributed by atoms with E-state index >= 15 is 0 Å². The van der Waals surface area contributed by atoms with Crippen molar-refractivity contribution in [3.8, 4) is 5.88 Å². The Kier molecular flexibility index (Phi) is 6.79. The molecule has 1 aliphatic rings. The number of pyridine rings is 1. The molecule has 0 atom stereocenters. The standard InChI is InChI=1S/C26H26F2N6O3/c1-36-15-19(35)12-22(29)24-32-31-23-20-4-2-3-5-21(20)25(33-34(23)24)37-14-18-7-6-17(13-30-18)16-8-10-26(27,28)11-9-16/h2-7,12-13,16,29,35H,8-11,14-15H2,1H3/b19-12-,29-22?. The van der Waals surface area contributed by atoms with Gasteiger partial charge in [0.15, 0.2) is 5.65 Å². The molecule has 9 nitrogen and oxygen atoms in total.